The first kappa shape index (κ1) is 18.6. The summed E-state index contributed by atoms with van der Waals surface area (Å²) in [6, 6.07) is 13.6. The van der Waals surface area contributed by atoms with Gasteiger partial charge in [0.2, 0.25) is 0 Å². The van der Waals surface area contributed by atoms with E-state index in [0.717, 1.165) is 15.8 Å². The molecular formula is C20H19ClN2O2S. The van der Waals surface area contributed by atoms with Crippen LogP contribution >= 0.6 is 22.9 Å². The number of rotatable bonds is 5. The van der Waals surface area contributed by atoms with E-state index in [1.807, 2.05) is 29.7 Å². The Hall–Kier alpha value is -2.21. The zero-order chi connectivity index (χ0) is 18.5. The van der Waals surface area contributed by atoms with Crippen LogP contribution in [-0.4, -0.2) is 24.2 Å². The lowest BCUT2D eigenvalue weighted by molar-refractivity contribution is -0.113. The number of hydrogen-bond acceptors (Lipinski definition) is 3. The number of hydrogen-bond donors (Lipinski definition) is 0. The fourth-order valence-corrected chi connectivity index (χ4v) is 3.93. The number of carbonyl (C=O) groups is 1. The molecule has 4 nitrogen and oxygen atoms in total. The molecule has 0 radical (unpaired) electrons. The molecule has 6 heteroatoms. The van der Waals surface area contributed by atoms with E-state index in [1.54, 1.807) is 19.3 Å². The molecule has 0 N–H and O–H groups in total. The Bertz CT molecular complexity index is 1030. The smallest absolute Gasteiger partial charge is 0.272 e. The summed E-state index contributed by atoms with van der Waals surface area (Å²) in [5, 5.41) is 0.601. The van der Waals surface area contributed by atoms with E-state index in [-0.39, 0.29) is 5.91 Å². The van der Waals surface area contributed by atoms with Crippen LogP contribution in [0.1, 0.15) is 11.1 Å². The molecule has 0 unspecified atom stereocenters. The number of halogens is 1. The number of aromatic nitrogens is 1. The molecule has 0 aliphatic carbocycles. The summed E-state index contributed by atoms with van der Waals surface area (Å²) in [4.78, 5) is 17.3. The molecular weight excluding hydrogens is 368 g/mol. The Morgan fingerprint density at radius 3 is 2.88 bits per heavy atom. The maximum Gasteiger partial charge on any atom is 0.272 e. The quantitative estimate of drug-likeness (QED) is 0.608. The van der Waals surface area contributed by atoms with E-state index < -0.39 is 0 Å². The van der Waals surface area contributed by atoms with Crippen molar-refractivity contribution in [2.75, 3.05) is 13.7 Å². The summed E-state index contributed by atoms with van der Waals surface area (Å²) in [6.45, 7) is 3.24. The first-order valence-electron chi connectivity index (χ1n) is 8.19. The third-order valence-corrected chi connectivity index (χ3v) is 5.26. The van der Waals surface area contributed by atoms with Crippen LogP contribution in [0.15, 0.2) is 53.5 Å². The number of aryl methyl sites for hydroxylation is 1. The summed E-state index contributed by atoms with van der Waals surface area (Å²) in [5.41, 5.74) is 3.02. The molecule has 0 bridgehead atoms. The fourth-order valence-electron chi connectivity index (χ4n) is 2.57. The van der Waals surface area contributed by atoms with Gasteiger partial charge in [0.25, 0.3) is 5.91 Å². The Morgan fingerprint density at radius 1 is 1.31 bits per heavy atom. The third-order valence-electron chi connectivity index (χ3n) is 3.87. The van der Waals surface area contributed by atoms with Crippen molar-refractivity contribution in [3.63, 3.8) is 0 Å². The average molecular weight is 387 g/mol. The number of carbonyl (C=O) groups excluding carboxylic acids is 1. The minimum Gasteiger partial charge on any atom is -0.383 e. The lowest BCUT2D eigenvalue weighted by Gasteiger charge is -2.04. The first-order valence-corrected chi connectivity index (χ1v) is 9.38. The monoisotopic (exact) mass is 386 g/mol. The summed E-state index contributed by atoms with van der Waals surface area (Å²) in [7, 11) is 1.66. The van der Waals surface area contributed by atoms with E-state index in [1.165, 1.54) is 23.0 Å². The van der Waals surface area contributed by atoms with Crippen molar-refractivity contribution < 1.29 is 9.53 Å². The lowest BCUT2D eigenvalue weighted by atomic mass is 10.2. The Morgan fingerprint density at radius 2 is 2.12 bits per heavy atom. The van der Waals surface area contributed by atoms with E-state index >= 15 is 0 Å². The van der Waals surface area contributed by atoms with E-state index in [4.69, 9.17) is 16.3 Å². The molecule has 0 saturated carbocycles. The van der Waals surface area contributed by atoms with Gasteiger partial charge in [0.15, 0.2) is 4.80 Å². The minimum atomic E-state index is -0.320. The molecule has 134 valence electrons. The highest BCUT2D eigenvalue weighted by Crippen LogP contribution is 2.19. The van der Waals surface area contributed by atoms with E-state index in [9.17, 15) is 4.79 Å². The lowest BCUT2D eigenvalue weighted by Crippen LogP contribution is -2.18. The molecule has 3 rings (SSSR count). The number of thiazole rings is 1. The number of nitrogens with zero attached hydrogens (tertiary/aromatic N) is 2. The number of methoxy groups -OCH3 is 1. The van der Waals surface area contributed by atoms with Gasteiger partial charge >= 0.3 is 0 Å². The molecule has 0 spiro atoms. The van der Waals surface area contributed by atoms with Gasteiger partial charge in [0, 0.05) is 24.8 Å². The highest BCUT2D eigenvalue weighted by Gasteiger charge is 2.07. The van der Waals surface area contributed by atoms with Crippen molar-refractivity contribution in [1.29, 1.82) is 0 Å². The van der Waals surface area contributed by atoms with Crippen molar-refractivity contribution >= 4 is 45.1 Å². The molecule has 0 fully saturated rings. The fraction of sp³-hybridized carbons (Fsp3) is 0.200. The van der Waals surface area contributed by atoms with Gasteiger partial charge in [-0.1, -0.05) is 47.2 Å². The van der Waals surface area contributed by atoms with Crippen LogP contribution in [0, 0.1) is 6.92 Å². The summed E-state index contributed by atoms with van der Waals surface area (Å²) in [5.74, 6) is -0.320. The predicted molar refractivity (Wildman–Crippen MR) is 107 cm³/mol. The van der Waals surface area contributed by atoms with E-state index in [2.05, 4.69) is 23.2 Å². The van der Waals surface area contributed by atoms with Crippen molar-refractivity contribution in [3.8, 4) is 0 Å². The average Bonchev–Trinajstić information content (AvgIpc) is 2.95. The molecule has 0 aliphatic rings. The number of amides is 1. The standard InChI is InChI=1S/C20H19ClN2O2S/c1-14-7-9-17-18(13-14)26-20(23(17)11-12-25-2)22-19(24)10-8-15-5-3-4-6-16(15)21/h3-10,13H,11-12H2,1-2H3. The number of fused-ring (bicyclic) bond motifs is 1. The van der Waals surface area contributed by atoms with Gasteiger partial charge in [-0.2, -0.15) is 4.99 Å². The second kappa shape index (κ2) is 8.45. The second-order valence-electron chi connectivity index (χ2n) is 5.81. The number of benzene rings is 2. The highest BCUT2D eigenvalue weighted by molar-refractivity contribution is 7.16. The van der Waals surface area contributed by atoms with Gasteiger partial charge in [-0.15, -0.1) is 0 Å². The first-order chi connectivity index (χ1) is 12.6. The SMILES string of the molecule is COCCn1c(=NC(=O)C=Cc2ccccc2Cl)sc2cc(C)ccc21. The minimum absolute atomic E-state index is 0.320. The molecule has 1 amide bonds. The molecule has 3 aromatic rings. The summed E-state index contributed by atoms with van der Waals surface area (Å²) in [6.07, 6.45) is 3.13. The van der Waals surface area contributed by atoms with Gasteiger partial charge < -0.3 is 9.30 Å². The molecule has 0 saturated heterocycles. The highest BCUT2D eigenvalue weighted by atomic mass is 35.5. The van der Waals surface area contributed by atoms with Gasteiger partial charge in [0.1, 0.15) is 0 Å². The van der Waals surface area contributed by atoms with Gasteiger partial charge in [-0.3, -0.25) is 4.79 Å². The van der Waals surface area contributed by atoms with Crippen molar-refractivity contribution in [3.05, 3.63) is 69.5 Å². The number of ether oxygens (including phenoxy) is 1. The van der Waals surface area contributed by atoms with Crippen LogP contribution < -0.4 is 4.80 Å². The van der Waals surface area contributed by atoms with Gasteiger partial charge in [0.05, 0.1) is 16.8 Å². The van der Waals surface area contributed by atoms with Crippen LogP contribution in [0.4, 0.5) is 0 Å². The van der Waals surface area contributed by atoms with Crippen molar-refractivity contribution in [1.82, 2.24) is 4.57 Å². The second-order valence-corrected chi connectivity index (χ2v) is 7.22. The predicted octanol–water partition coefficient (Wildman–Crippen LogP) is 4.45. The van der Waals surface area contributed by atoms with Crippen molar-refractivity contribution in [2.45, 2.75) is 13.5 Å². The molecule has 2 aromatic carbocycles. The maximum atomic E-state index is 12.3. The zero-order valence-corrected chi connectivity index (χ0v) is 16.2. The Kier molecular flexibility index (Phi) is 6.04. The zero-order valence-electron chi connectivity index (χ0n) is 14.6. The largest absolute Gasteiger partial charge is 0.383 e. The third kappa shape index (κ3) is 4.30. The summed E-state index contributed by atoms with van der Waals surface area (Å²) >= 11 is 7.61. The van der Waals surface area contributed by atoms with Crippen LogP contribution in [0.3, 0.4) is 0 Å². The van der Waals surface area contributed by atoms with E-state index in [0.29, 0.717) is 23.0 Å². The topological polar surface area (TPSA) is 43.6 Å². The van der Waals surface area contributed by atoms with Gasteiger partial charge in [-0.25, -0.2) is 0 Å². The summed E-state index contributed by atoms with van der Waals surface area (Å²) < 4.78 is 8.31. The maximum absolute atomic E-state index is 12.3. The van der Waals surface area contributed by atoms with Crippen LogP contribution in [0.2, 0.25) is 5.02 Å². The molecule has 0 aliphatic heterocycles. The van der Waals surface area contributed by atoms with Crippen LogP contribution in [0.5, 0.6) is 0 Å². The molecule has 26 heavy (non-hydrogen) atoms. The molecule has 1 heterocycles. The Balaban J connectivity index is 1.97. The van der Waals surface area contributed by atoms with Crippen LogP contribution in [-0.2, 0) is 16.1 Å². The van der Waals surface area contributed by atoms with Gasteiger partial charge in [-0.05, 0) is 42.3 Å². The van der Waals surface area contributed by atoms with Crippen LogP contribution in [0.25, 0.3) is 16.3 Å². The normalized spacial score (nSPS) is 12.3. The molecule has 0 atom stereocenters. The Labute approximate surface area is 161 Å². The van der Waals surface area contributed by atoms with Crippen molar-refractivity contribution in [2.24, 2.45) is 4.99 Å². The molecule has 1 aromatic heterocycles.